The standard InChI is InChI=1S/C16H11ClN2O2/c17-12-6-5-11-13(18-12)15(20)14-10-4-2-1-3-9(10)7-8-19(14)16(11)21/h1-6,20H,7-8H2. The van der Waals surface area contributed by atoms with E-state index in [9.17, 15) is 9.90 Å². The third kappa shape index (κ3) is 1.69. The summed E-state index contributed by atoms with van der Waals surface area (Å²) in [5, 5.41) is 11.3. The molecule has 1 aliphatic heterocycles. The SMILES string of the molecule is O=c1c2ccc(Cl)nc2c(O)c2n1CCc1ccccc1-2. The van der Waals surface area contributed by atoms with Crippen LogP contribution in [0.2, 0.25) is 5.15 Å². The van der Waals surface area contributed by atoms with Gasteiger partial charge in [0.1, 0.15) is 10.7 Å². The van der Waals surface area contributed by atoms with Crippen molar-refractivity contribution in [2.45, 2.75) is 13.0 Å². The van der Waals surface area contributed by atoms with Gasteiger partial charge in [-0.1, -0.05) is 35.9 Å². The molecule has 1 aliphatic rings. The maximum atomic E-state index is 12.6. The molecular formula is C16H11ClN2O2. The van der Waals surface area contributed by atoms with Crippen molar-refractivity contribution < 1.29 is 5.11 Å². The van der Waals surface area contributed by atoms with Crippen LogP contribution in [0.1, 0.15) is 5.56 Å². The fourth-order valence-electron chi connectivity index (χ4n) is 2.96. The van der Waals surface area contributed by atoms with Gasteiger partial charge in [0.2, 0.25) is 0 Å². The summed E-state index contributed by atoms with van der Waals surface area (Å²) in [6.07, 6.45) is 0.773. The van der Waals surface area contributed by atoms with Crippen molar-refractivity contribution in [3.05, 3.63) is 57.5 Å². The van der Waals surface area contributed by atoms with Crippen molar-refractivity contribution in [1.29, 1.82) is 0 Å². The first-order valence-electron chi connectivity index (χ1n) is 6.67. The van der Waals surface area contributed by atoms with Gasteiger partial charge in [-0.15, -0.1) is 0 Å². The average Bonchev–Trinajstić information content (AvgIpc) is 2.51. The molecule has 104 valence electrons. The van der Waals surface area contributed by atoms with E-state index in [2.05, 4.69) is 4.98 Å². The molecule has 4 rings (SSSR count). The Bertz CT molecular complexity index is 947. The van der Waals surface area contributed by atoms with Crippen molar-refractivity contribution in [2.24, 2.45) is 0 Å². The minimum atomic E-state index is -0.142. The van der Waals surface area contributed by atoms with Gasteiger partial charge >= 0.3 is 0 Å². The van der Waals surface area contributed by atoms with Gasteiger partial charge in [0.05, 0.1) is 11.1 Å². The number of hydrogen-bond acceptors (Lipinski definition) is 3. The topological polar surface area (TPSA) is 55.1 Å². The molecule has 4 nitrogen and oxygen atoms in total. The van der Waals surface area contributed by atoms with Crippen LogP contribution in [0.3, 0.4) is 0 Å². The molecule has 0 radical (unpaired) electrons. The Hall–Kier alpha value is -2.33. The second kappa shape index (κ2) is 4.33. The second-order valence-corrected chi connectivity index (χ2v) is 5.48. The van der Waals surface area contributed by atoms with Crippen LogP contribution in [0.15, 0.2) is 41.2 Å². The maximum Gasteiger partial charge on any atom is 0.260 e. The van der Waals surface area contributed by atoms with E-state index in [1.54, 1.807) is 16.7 Å². The van der Waals surface area contributed by atoms with Crippen molar-refractivity contribution in [3.63, 3.8) is 0 Å². The molecule has 1 N–H and O–H groups in total. The first-order valence-corrected chi connectivity index (χ1v) is 7.05. The highest BCUT2D eigenvalue weighted by Crippen LogP contribution is 2.37. The predicted molar refractivity (Wildman–Crippen MR) is 81.8 cm³/mol. The number of fused-ring (bicyclic) bond motifs is 4. The van der Waals surface area contributed by atoms with Crippen LogP contribution in [0, 0.1) is 0 Å². The number of rotatable bonds is 0. The van der Waals surface area contributed by atoms with Crippen LogP contribution in [0.5, 0.6) is 5.75 Å². The lowest BCUT2D eigenvalue weighted by molar-refractivity contribution is 0.471. The van der Waals surface area contributed by atoms with E-state index in [0.29, 0.717) is 17.6 Å². The summed E-state index contributed by atoms with van der Waals surface area (Å²) in [6, 6.07) is 11.0. The van der Waals surface area contributed by atoms with Crippen LogP contribution in [0.25, 0.3) is 22.2 Å². The Morgan fingerprint density at radius 2 is 2.00 bits per heavy atom. The third-order valence-electron chi connectivity index (χ3n) is 3.93. The molecule has 0 atom stereocenters. The molecule has 3 aromatic rings. The van der Waals surface area contributed by atoms with E-state index >= 15 is 0 Å². The lowest BCUT2D eigenvalue weighted by Crippen LogP contribution is -2.26. The number of nitrogens with zero attached hydrogens (tertiary/aromatic N) is 2. The lowest BCUT2D eigenvalue weighted by Gasteiger charge is -2.23. The molecular weight excluding hydrogens is 288 g/mol. The maximum absolute atomic E-state index is 12.6. The fourth-order valence-corrected chi connectivity index (χ4v) is 3.11. The molecule has 0 amide bonds. The molecule has 1 aromatic carbocycles. The average molecular weight is 299 g/mol. The Morgan fingerprint density at radius 1 is 1.19 bits per heavy atom. The molecule has 0 aliphatic carbocycles. The lowest BCUT2D eigenvalue weighted by atomic mass is 9.96. The minimum absolute atomic E-state index is 0.0132. The molecule has 0 saturated carbocycles. The first-order chi connectivity index (χ1) is 10.2. The third-order valence-corrected chi connectivity index (χ3v) is 4.14. The van der Waals surface area contributed by atoms with E-state index in [1.807, 2.05) is 24.3 Å². The number of halogens is 1. The summed E-state index contributed by atoms with van der Waals surface area (Å²) >= 11 is 5.90. The zero-order valence-electron chi connectivity index (χ0n) is 11.0. The molecule has 0 spiro atoms. The number of pyridine rings is 2. The number of aromatic nitrogens is 2. The zero-order chi connectivity index (χ0) is 14.6. The van der Waals surface area contributed by atoms with Gasteiger partial charge < -0.3 is 9.67 Å². The van der Waals surface area contributed by atoms with Gasteiger partial charge in [0.25, 0.3) is 5.56 Å². The number of benzene rings is 1. The second-order valence-electron chi connectivity index (χ2n) is 5.09. The summed E-state index contributed by atoms with van der Waals surface area (Å²) in [6.45, 7) is 0.553. The first kappa shape index (κ1) is 12.4. The Labute approximate surface area is 125 Å². The summed E-state index contributed by atoms with van der Waals surface area (Å²) in [5.41, 5.74) is 2.65. The van der Waals surface area contributed by atoms with Crippen LogP contribution in [0.4, 0.5) is 0 Å². The van der Waals surface area contributed by atoms with Gasteiger partial charge in [-0.2, -0.15) is 0 Å². The highest BCUT2D eigenvalue weighted by Gasteiger charge is 2.23. The van der Waals surface area contributed by atoms with Crippen LogP contribution in [-0.2, 0) is 13.0 Å². The molecule has 3 heterocycles. The smallest absolute Gasteiger partial charge is 0.260 e. The summed E-state index contributed by atoms with van der Waals surface area (Å²) in [4.78, 5) is 16.7. The van der Waals surface area contributed by atoms with E-state index in [0.717, 1.165) is 17.5 Å². The van der Waals surface area contributed by atoms with E-state index < -0.39 is 0 Å². The van der Waals surface area contributed by atoms with Crippen LogP contribution < -0.4 is 5.56 Å². The van der Waals surface area contributed by atoms with E-state index in [-0.39, 0.29) is 22.0 Å². The van der Waals surface area contributed by atoms with Crippen LogP contribution in [-0.4, -0.2) is 14.7 Å². The van der Waals surface area contributed by atoms with Crippen molar-refractivity contribution in [1.82, 2.24) is 9.55 Å². The highest BCUT2D eigenvalue weighted by molar-refractivity contribution is 6.29. The van der Waals surface area contributed by atoms with Crippen molar-refractivity contribution in [2.75, 3.05) is 0 Å². The van der Waals surface area contributed by atoms with Crippen molar-refractivity contribution >= 4 is 22.5 Å². The molecule has 5 heteroatoms. The molecule has 0 fully saturated rings. The summed E-state index contributed by atoms with van der Waals surface area (Å²) in [5.74, 6) is 0.0132. The van der Waals surface area contributed by atoms with Gasteiger partial charge in [-0.05, 0) is 24.1 Å². The Morgan fingerprint density at radius 3 is 2.86 bits per heavy atom. The van der Waals surface area contributed by atoms with Crippen LogP contribution >= 0.6 is 11.6 Å². The van der Waals surface area contributed by atoms with Gasteiger partial charge in [0.15, 0.2) is 5.75 Å². The minimum Gasteiger partial charge on any atom is -0.504 e. The molecule has 0 bridgehead atoms. The summed E-state index contributed by atoms with van der Waals surface area (Å²) in [7, 11) is 0. The van der Waals surface area contributed by atoms with Crippen molar-refractivity contribution in [3.8, 4) is 17.0 Å². The molecule has 21 heavy (non-hydrogen) atoms. The number of aryl methyl sites for hydroxylation is 1. The zero-order valence-corrected chi connectivity index (χ0v) is 11.8. The van der Waals surface area contributed by atoms with E-state index in [1.165, 1.54) is 0 Å². The van der Waals surface area contributed by atoms with Gasteiger partial charge in [-0.25, -0.2) is 4.98 Å². The van der Waals surface area contributed by atoms with Gasteiger partial charge in [-0.3, -0.25) is 4.79 Å². The van der Waals surface area contributed by atoms with Gasteiger partial charge in [0, 0.05) is 12.1 Å². The Balaban J connectivity index is 2.20. The normalized spacial score (nSPS) is 13.0. The number of hydrogen-bond donors (Lipinski definition) is 1. The van der Waals surface area contributed by atoms with E-state index in [4.69, 9.17) is 11.6 Å². The highest BCUT2D eigenvalue weighted by atomic mass is 35.5. The Kier molecular flexibility index (Phi) is 2.56. The largest absolute Gasteiger partial charge is 0.504 e. The fraction of sp³-hybridized carbons (Fsp3) is 0.125. The quantitative estimate of drug-likeness (QED) is 0.649. The molecule has 0 saturated heterocycles. The molecule has 2 aromatic heterocycles. The number of aromatic hydroxyl groups is 1. The monoisotopic (exact) mass is 298 g/mol. The molecule has 0 unspecified atom stereocenters. The summed E-state index contributed by atoms with van der Waals surface area (Å²) < 4.78 is 1.62. The predicted octanol–water partition coefficient (Wildman–Crippen LogP) is 2.98.